The van der Waals surface area contributed by atoms with Crippen molar-refractivity contribution in [3.8, 4) is 5.75 Å². The summed E-state index contributed by atoms with van der Waals surface area (Å²) in [6.45, 7) is 0. The third-order valence-corrected chi connectivity index (χ3v) is 5.34. The number of benzene rings is 2. The van der Waals surface area contributed by atoms with E-state index in [9.17, 15) is 9.59 Å². The zero-order chi connectivity index (χ0) is 21.5. The Hall–Kier alpha value is -2.64. The van der Waals surface area contributed by atoms with Crippen molar-refractivity contribution >= 4 is 46.5 Å². The zero-order valence-electron chi connectivity index (χ0n) is 16.6. The van der Waals surface area contributed by atoms with Gasteiger partial charge in [-0.15, -0.1) is 0 Å². The predicted molar refractivity (Wildman–Crippen MR) is 120 cm³/mol. The number of esters is 1. The number of hydrogen-bond donors (Lipinski definition) is 2. The summed E-state index contributed by atoms with van der Waals surface area (Å²) < 4.78 is 10.6. The Morgan fingerprint density at radius 1 is 1.03 bits per heavy atom. The van der Waals surface area contributed by atoms with E-state index >= 15 is 0 Å². The van der Waals surface area contributed by atoms with Gasteiger partial charge >= 0.3 is 5.97 Å². The van der Waals surface area contributed by atoms with Gasteiger partial charge in [-0.25, -0.2) is 4.79 Å². The molecule has 1 fully saturated rings. The van der Waals surface area contributed by atoms with Crippen LogP contribution in [-0.2, 0) is 4.74 Å². The van der Waals surface area contributed by atoms with E-state index in [0.29, 0.717) is 27.6 Å². The van der Waals surface area contributed by atoms with Crippen molar-refractivity contribution in [1.82, 2.24) is 5.32 Å². The maximum atomic E-state index is 12.3. The molecule has 1 saturated carbocycles. The number of carbonyl (C=O) groups is 2. The summed E-state index contributed by atoms with van der Waals surface area (Å²) in [5.74, 6) is -0.235. The van der Waals surface area contributed by atoms with Crippen LogP contribution in [0.25, 0.3) is 0 Å². The molecule has 0 unspecified atom stereocenters. The Balaban J connectivity index is 1.53. The second kappa shape index (κ2) is 10.4. The highest BCUT2D eigenvalue weighted by Crippen LogP contribution is 2.25. The largest absolute Gasteiger partial charge is 0.495 e. The number of anilines is 1. The first-order chi connectivity index (χ1) is 14.5. The lowest BCUT2D eigenvalue weighted by atomic mass is 9.98. The standard InChI is InChI=1S/C22H23ClN2O4S/c1-28-19-12-9-15(13-18(19)23)20(26)25-22(30)24-16-10-7-14(8-11-16)21(27)29-17-5-3-2-4-6-17/h7-13,17H,2-6H2,1H3,(H2,24,25,26,30). The molecule has 0 aromatic heterocycles. The first kappa shape index (κ1) is 22.1. The molecule has 0 radical (unpaired) electrons. The summed E-state index contributed by atoms with van der Waals surface area (Å²) in [7, 11) is 1.50. The first-order valence-corrected chi connectivity index (χ1v) is 10.5. The van der Waals surface area contributed by atoms with Gasteiger partial charge in [-0.3, -0.25) is 10.1 Å². The highest BCUT2D eigenvalue weighted by Gasteiger charge is 2.18. The average Bonchev–Trinajstić information content (AvgIpc) is 2.74. The number of ether oxygens (including phenoxy) is 2. The molecule has 1 aliphatic carbocycles. The third kappa shape index (κ3) is 5.93. The van der Waals surface area contributed by atoms with Crippen molar-refractivity contribution in [3.63, 3.8) is 0 Å². The van der Waals surface area contributed by atoms with Gasteiger partial charge in [0, 0.05) is 11.3 Å². The van der Waals surface area contributed by atoms with Crippen LogP contribution in [0.2, 0.25) is 5.02 Å². The number of carbonyl (C=O) groups excluding carboxylic acids is 2. The number of halogens is 1. The van der Waals surface area contributed by atoms with Crippen LogP contribution < -0.4 is 15.4 Å². The van der Waals surface area contributed by atoms with E-state index in [1.807, 2.05) is 0 Å². The van der Waals surface area contributed by atoms with Gasteiger partial charge in [-0.2, -0.15) is 0 Å². The summed E-state index contributed by atoms with van der Waals surface area (Å²) in [6, 6.07) is 11.5. The van der Waals surface area contributed by atoms with Crippen LogP contribution in [0, 0.1) is 0 Å². The van der Waals surface area contributed by atoms with Crippen molar-refractivity contribution in [2.75, 3.05) is 12.4 Å². The van der Waals surface area contributed by atoms with Gasteiger partial charge < -0.3 is 14.8 Å². The van der Waals surface area contributed by atoms with E-state index in [0.717, 1.165) is 25.7 Å². The molecule has 0 saturated heterocycles. The van der Waals surface area contributed by atoms with Gasteiger partial charge in [-0.1, -0.05) is 18.0 Å². The Morgan fingerprint density at radius 3 is 2.33 bits per heavy atom. The minimum atomic E-state index is -0.398. The smallest absolute Gasteiger partial charge is 0.338 e. The second-order valence-electron chi connectivity index (χ2n) is 7.00. The molecular formula is C22H23ClN2O4S. The molecule has 2 aromatic rings. The van der Waals surface area contributed by atoms with Gasteiger partial charge in [0.25, 0.3) is 5.91 Å². The maximum absolute atomic E-state index is 12.3. The number of methoxy groups -OCH3 is 1. The molecule has 0 atom stereocenters. The van der Waals surface area contributed by atoms with Crippen LogP contribution >= 0.6 is 23.8 Å². The van der Waals surface area contributed by atoms with Crippen LogP contribution in [0.5, 0.6) is 5.75 Å². The Morgan fingerprint density at radius 2 is 1.70 bits per heavy atom. The SMILES string of the molecule is COc1ccc(C(=O)NC(=S)Nc2ccc(C(=O)OC3CCCCC3)cc2)cc1Cl. The normalized spacial score (nSPS) is 13.9. The van der Waals surface area contributed by atoms with Gasteiger partial charge in [0.05, 0.1) is 17.7 Å². The fraction of sp³-hybridized carbons (Fsp3) is 0.318. The first-order valence-electron chi connectivity index (χ1n) is 9.73. The average molecular weight is 447 g/mol. The molecule has 2 aromatic carbocycles. The third-order valence-electron chi connectivity index (χ3n) is 4.85. The molecule has 2 N–H and O–H groups in total. The summed E-state index contributed by atoms with van der Waals surface area (Å²) in [4.78, 5) is 24.6. The van der Waals surface area contributed by atoms with Crippen molar-refractivity contribution < 1.29 is 19.1 Å². The zero-order valence-corrected chi connectivity index (χ0v) is 18.1. The van der Waals surface area contributed by atoms with Gasteiger partial charge in [0.15, 0.2) is 5.11 Å². The van der Waals surface area contributed by atoms with Crippen molar-refractivity contribution in [2.24, 2.45) is 0 Å². The van der Waals surface area contributed by atoms with E-state index in [2.05, 4.69) is 10.6 Å². The predicted octanol–water partition coefficient (Wildman–Crippen LogP) is 4.96. The molecule has 6 nitrogen and oxygen atoms in total. The molecule has 0 aliphatic heterocycles. The van der Waals surface area contributed by atoms with Crippen LogP contribution in [0.4, 0.5) is 5.69 Å². The molecular weight excluding hydrogens is 424 g/mol. The van der Waals surface area contributed by atoms with Gasteiger partial charge in [0.2, 0.25) is 0 Å². The Labute approximate surface area is 185 Å². The molecule has 30 heavy (non-hydrogen) atoms. The molecule has 0 spiro atoms. The maximum Gasteiger partial charge on any atom is 0.338 e. The van der Waals surface area contributed by atoms with E-state index in [1.165, 1.54) is 19.6 Å². The fourth-order valence-electron chi connectivity index (χ4n) is 3.24. The van der Waals surface area contributed by atoms with Crippen molar-refractivity contribution in [1.29, 1.82) is 0 Å². The Bertz CT molecular complexity index is 927. The molecule has 0 heterocycles. The molecule has 158 valence electrons. The number of amides is 1. The summed E-state index contributed by atoms with van der Waals surface area (Å²) in [6.07, 6.45) is 5.28. The second-order valence-corrected chi connectivity index (χ2v) is 7.82. The van der Waals surface area contributed by atoms with Crippen LogP contribution in [0.3, 0.4) is 0 Å². The van der Waals surface area contributed by atoms with E-state index in [4.69, 9.17) is 33.3 Å². The molecule has 1 amide bonds. The van der Waals surface area contributed by atoms with Crippen molar-refractivity contribution in [2.45, 2.75) is 38.2 Å². The highest BCUT2D eigenvalue weighted by molar-refractivity contribution is 7.80. The monoisotopic (exact) mass is 446 g/mol. The molecule has 1 aliphatic rings. The van der Waals surface area contributed by atoms with Gasteiger partial charge in [0.1, 0.15) is 11.9 Å². The molecule has 0 bridgehead atoms. The lowest BCUT2D eigenvalue weighted by Crippen LogP contribution is -2.34. The highest BCUT2D eigenvalue weighted by atomic mass is 35.5. The number of rotatable bonds is 5. The topological polar surface area (TPSA) is 76.7 Å². The number of thiocarbonyl (C=S) groups is 1. The number of hydrogen-bond acceptors (Lipinski definition) is 5. The van der Waals surface area contributed by atoms with E-state index < -0.39 is 5.91 Å². The minimum Gasteiger partial charge on any atom is -0.495 e. The van der Waals surface area contributed by atoms with Crippen LogP contribution in [0.15, 0.2) is 42.5 Å². The summed E-state index contributed by atoms with van der Waals surface area (Å²) in [5.41, 5.74) is 1.47. The Kier molecular flexibility index (Phi) is 7.65. The van der Waals surface area contributed by atoms with Crippen LogP contribution in [-0.4, -0.2) is 30.2 Å². The lowest BCUT2D eigenvalue weighted by molar-refractivity contribution is 0.0211. The van der Waals surface area contributed by atoms with E-state index in [1.54, 1.807) is 36.4 Å². The lowest BCUT2D eigenvalue weighted by Gasteiger charge is -2.21. The quantitative estimate of drug-likeness (QED) is 0.499. The molecule has 3 rings (SSSR count). The van der Waals surface area contributed by atoms with E-state index in [-0.39, 0.29) is 17.2 Å². The molecule has 8 heteroatoms. The van der Waals surface area contributed by atoms with Gasteiger partial charge in [-0.05, 0) is 80.4 Å². The minimum absolute atomic E-state index is 0.0123. The van der Waals surface area contributed by atoms with Crippen molar-refractivity contribution in [3.05, 3.63) is 58.6 Å². The summed E-state index contributed by atoms with van der Waals surface area (Å²) in [5, 5.41) is 5.97. The fourth-order valence-corrected chi connectivity index (χ4v) is 3.71. The summed E-state index contributed by atoms with van der Waals surface area (Å²) >= 11 is 11.2. The number of nitrogens with one attached hydrogen (secondary N) is 2. The van der Waals surface area contributed by atoms with Crippen LogP contribution in [0.1, 0.15) is 52.8 Å².